The molecule has 2 nitrogen and oxygen atoms in total. The van der Waals surface area contributed by atoms with E-state index in [0.717, 1.165) is 12.8 Å². The maximum absolute atomic E-state index is 6.11. The maximum Gasteiger partial charge on any atom is 0.150 e. The zero-order chi connectivity index (χ0) is 13.3. The summed E-state index contributed by atoms with van der Waals surface area (Å²) >= 11 is 17.9. The molecule has 0 unspecified atom stereocenters. The Kier molecular flexibility index (Phi) is 4.30. The van der Waals surface area contributed by atoms with Crippen molar-refractivity contribution in [1.29, 1.82) is 0 Å². The second kappa shape index (κ2) is 5.44. The van der Waals surface area contributed by atoms with Crippen LogP contribution in [0.1, 0.15) is 39.5 Å². The van der Waals surface area contributed by atoms with E-state index >= 15 is 0 Å². The normalized spacial score (nSPS) is 19.8. The molecule has 0 radical (unpaired) electrons. The number of anilines is 1. The predicted octanol–water partition coefficient (Wildman–Crippen LogP) is 5.42. The van der Waals surface area contributed by atoms with Gasteiger partial charge >= 0.3 is 0 Å². The van der Waals surface area contributed by atoms with Crippen molar-refractivity contribution >= 4 is 40.6 Å². The summed E-state index contributed by atoms with van der Waals surface area (Å²) in [6, 6.07) is 2.05. The van der Waals surface area contributed by atoms with Crippen LogP contribution in [0.4, 0.5) is 5.82 Å². The lowest BCUT2D eigenvalue weighted by molar-refractivity contribution is 0.232. The van der Waals surface area contributed by atoms with Crippen LogP contribution in [-0.4, -0.2) is 11.0 Å². The van der Waals surface area contributed by atoms with Gasteiger partial charge in [0.2, 0.25) is 0 Å². The molecule has 0 saturated heterocycles. The van der Waals surface area contributed by atoms with E-state index in [1.165, 1.54) is 12.8 Å². The van der Waals surface area contributed by atoms with E-state index in [4.69, 9.17) is 34.8 Å². The first-order valence-electron chi connectivity index (χ1n) is 6.15. The Balaban J connectivity index is 2.04. The van der Waals surface area contributed by atoms with Crippen LogP contribution in [0.3, 0.4) is 0 Å². The van der Waals surface area contributed by atoms with Gasteiger partial charge in [0.15, 0.2) is 0 Å². The van der Waals surface area contributed by atoms with Gasteiger partial charge < -0.3 is 5.32 Å². The fourth-order valence-electron chi connectivity index (χ4n) is 2.28. The quantitative estimate of drug-likeness (QED) is 0.738. The first-order valence-corrected chi connectivity index (χ1v) is 7.29. The van der Waals surface area contributed by atoms with Crippen LogP contribution in [0.2, 0.25) is 15.2 Å². The number of nitrogens with zero attached hydrogens (tertiary/aromatic N) is 1. The van der Waals surface area contributed by atoms with Crippen molar-refractivity contribution in [2.75, 3.05) is 5.32 Å². The minimum absolute atomic E-state index is 0.291. The second-order valence-corrected chi connectivity index (χ2v) is 6.85. The summed E-state index contributed by atoms with van der Waals surface area (Å²) < 4.78 is 0. The Morgan fingerprint density at radius 3 is 2.39 bits per heavy atom. The van der Waals surface area contributed by atoms with Gasteiger partial charge in [-0.2, -0.15) is 0 Å². The highest BCUT2D eigenvalue weighted by Crippen LogP contribution is 2.37. The minimum atomic E-state index is 0.291. The van der Waals surface area contributed by atoms with Crippen molar-refractivity contribution in [2.45, 2.75) is 45.6 Å². The van der Waals surface area contributed by atoms with Crippen LogP contribution in [0.15, 0.2) is 6.07 Å². The molecule has 18 heavy (non-hydrogen) atoms. The Morgan fingerprint density at radius 1 is 1.17 bits per heavy atom. The number of halogens is 3. The first-order chi connectivity index (χ1) is 8.37. The molecule has 2 rings (SSSR count). The van der Waals surface area contributed by atoms with Crippen LogP contribution in [0, 0.1) is 5.41 Å². The number of rotatable bonds is 2. The molecule has 1 aliphatic carbocycles. The van der Waals surface area contributed by atoms with Crippen LogP contribution in [0.25, 0.3) is 0 Å². The fraction of sp³-hybridized carbons (Fsp3) is 0.615. The molecular weight excluding hydrogens is 291 g/mol. The fourth-order valence-corrected chi connectivity index (χ4v) is 2.83. The highest BCUT2D eigenvalue weighted by Gasteiger charge is 2.27. The van der Waals surface area contributed by atoms with Crippen LogP contribution in [-0.2, 0) is 0 Å². The van der Waals surface area contributed by atoms with E-state index < -0.39 is 0 Å². The molecule has 1 aromatic heterocycles. The third kappa shape index (κ3) is 3.43. The number of aromatic nitrogens is 1. The Labute approximate surface area is 123 Å². The Bertz CT molecular complexity index is 436. The van der Waals surface area contributed by atoms with E-state index in [1.807, 2.05) is 0 Å². The second-order valence-electron chi connectivity index (χ2n) is 5.67. The van der Waals surface area contributed by atoms with Crippen molar-refractivity contribution in [3.05, 3.63) is 21.3 Å². The highest BCUT2D eigenvalue weighted by molar-refractivity contribution is 6.42. The number of nitrogens with one attached hydrogen (secondary N) is 1. The highest BCUT2D eigenvalue weighted by atomic mass is 35.5. The summed E-state index contributed by atoms with van der Waals surface area (Å²) in [6.07, 6.45) is 4.68. The standard InChI is InChI=1S/C13H17Cl3N2/c1-13(2)5-3-8(4-6-13)17-12-10(15)7-9(14)11(16)18-12/h7-8H,3-6H2,1-2H3,(H,17,18). The predicted molar refractivity (Wildman–Crippen MR) is 78.9 cm³/mol. The smallest absolute Gasteiger partial charge is 0.150 e. The van der Waals surface area contributed by atoms with Gasteiger partial charge in [-0.25, -0.2) is 4.98 Å². The summed E-state index contributed by atoms with van der Waals surface area (Å²) in [5, 5.41) is 4.57. The summed E-state index contributed by atoms with van der Waals surface area (Å²) in [4.78, 5) is 4.19. The third-order valence-electron chi connectivity index (χ3n) is 3.57. The molecule has 0 amide bonds. The molecule has 0 bridgehead atoms. The van der Waals surface area contributed by atoms with Crippen molar-refractivity contribution < 1.29 is 0 Å². The van der Waals surface area contributed by atoms with E-state index in [-0.39, 0.29) is 0 Å². The van der Waals surface area contributed by atoms with Crippen molar-refractivity contribution in [2.24, 2.45) is 5.41 Å². The zero-order valence-electron chi connectivity index (χ0n) is 10.6. The SMILES string of the molecule is CC1(C)CCC(Nc2nc(Cl)c(Cl)cc2Cl)CC1. The van der Waals surface area contributed by atoms with Gasteiger partial charge in [-0.3, -0.25) is 0 Å². The van der Waals surface area contributed by atoms with Gasteiger partial charge in [0, 0.05) is 6.04 Å². The zero-order valence-corrected chi connectivity index (χ0v) is 12.8. The molecule has 1 aromatic rings. The third-order valence-corrected chi connectivity index (χ3v) is 4.53. The van der Waals surface area contributed by atoms with Gasteiger partial charge in [0.1, 0.15) is 11.0 Å². The van der Waals surface area contributed by atoms with Gasteiger partial charge in [0.05, 0.1) is 10.0 Å². The Hall–Kier alpha value is -0.180. The van der Waals surface area contributed by atoms with Crippen molar-refractivity contribution in [3.63, 3.8) is 0 Å². The topological polar surface area (TPSA) is 24.9 Å². The van der Waals surface area contributed by atoms with Gasteiger partial charge in [-0.1, -0.05) is 48.7 Å². The Morgan fingerprint density at radius 2 is 1.78 bits per heavy atom. The van der Waals surface area contributed by atoms with Gasteiger partial charge in [-0.15, -0.1) is 0 Å². The van der Waals surface area contributed by atoms with Crippen LogP contribution in [0.5, 0.6) is 0 Å². The van der Waals surface area contributed by atoms with Gasteiger partial charge in [0.25, 0.3) is 0 Å². The average Bonchev–Trinajstić information content (AvgIpc) is 2.28. The summed E-state index contributed by atoms with van der Waals surface area (Å²) in [6.45, 7) is 4.63. The number of pyridine rings is 1. The molecule has 1 N–H and O–H groups in total. The molecule has 1 fully saturated rings. The number of hydrogen-bond acceptors (Lipinski definition) is 2. The summed E-state index contributed by atoms with van der Waals surface area (Å²) in [5.41, 5.74) is 0.451. The maximum atomic E-state index is 6.11. The molecule has 1 heterocycles. The van der Waals surface area contributed by atoms with Crippen LogP contribution < -0.4 is 5.32 Å². The molecule has 100 valence electrons. The molecule has 0 spiro atoms. The molecule has 1 saturated carbocycles. The van der Waals surface area contributed by atoms with Gasteiger partial charge in [-0.05, 0) is 37.2 Å². The lowest BCUT2D eigenvalue weighted by Crippen LogP contribution is -2.30. The lowest BCUT2D eigenvalue weighted by atomic mass is 9.75. The number of hydrogen-bond donors (Lipinski definition) is 1. The minimum Gasteiger partial charge on any atom is -0.366 e. The summed E-state index contributed by atoms with van der Waals surface area (Å²) in [5.74, 6) is 0.635. The van der Waals surface area contributed by atoms with E-state index in [9.17, 15) is 0 Å². The van der Waals surface area contributed by atoms with Crippen molar-refractivity contribution in [3.8, 4) is 0 Å². The molecule has 5 heteroatoms. The average molecular weight is 308 g/mol. The van der Waals surface area contributed by atoms with E-state index in [0.29, 0.717) is 32.5 Å². The van der Waals surface area contributed by atoms with E-state index in [1.54, 1.807) is 6.07 Å². The van der Waals surface area contributed by atoms with E-state index in [2.05, 4.69) is 24.1 Å². The molecule has 0 aromatic carbocycles. The van der Waals surface area contributed by atoms with Crippen LogP contribution >= 0.6 is 34.8 Å². The van der Waals surface area contributed by atoms with Crippen molar-refractivity contribution in [1.82, 2.24) is 4.98 Å². The molecule has 0 atom stereocenters. The molecule has 0 aliphatic heterocycles. The summed E-state index contributed by atoms with van der Waals surface area (Å²) in [7, 11) is 0. The monoisotopic (exact) mass is 306 g/mol. The lowest BCUT2D eigenvalue weighted by Gasteiger charge is -2.34. The molecule has 1 aliphatic rings. The first kappa shape index (κ1) is 14.2. The molecular formula is C13H17Cl3N2. The largest absolute Gasteiger partial charge is 0.366 e.